The van der Waals surface area contributed by atoms with E-state index in [4.69, 9.17) is 11.6 Å². The molecule has 1 rings (SSSR count). The van der Waals surface area contributed by atoms with Gasteiger partial charge in [0.05, 0.1) is 0 Å². The summed E-state index contributed by atoms with van der Waals surface area (Å²) in [6.45, 7) is 4.89. The average molecular weight is 222 g/mol. The van der Waals surface area contributed by atoms with Crippen LogP contribution in [-0.4, -0.2) is 6.54 Å². The van der Waals surface area contributed by atoms with Gasteiger partial charge in [0, 0.05) is 17.5 Å². The Kier molecular flexibility index (Phi) is 5.25. The van der Waals surface area contributed by atoms with E-state index < -0.39 is 0 Å². The zero-order chi connectivity index (χ0) is 11.1. The molecule has 15 heavy (non-hydrogen) atoms. The molecule has 0 heterocycles. The third-order valence-corrected chi connectivity index (χ3v) is 2.42. The number of rotatable bonds is 4. The molecule has 1 N–H and O–H groups in total. The van der Waals surface area contributed by atoms with Crippen LogP contribution in [0.25, 0.3) is 0 Å². The van der Waals surface area contributed by atoms with E-state index in [2.05, 4.69) is 30.1 Å². The smallest absolute Gasteiger partial charge is 0.0431 e. The van der Waals surface area contributed by atoms with Gasteiger partial charge in [0.25, 0.3) is 0 Å². The molecule has 80 valence electrons. The van der Waals surface area contributed by atoms with Crippen molar-refractivity contribution < 1.29 is 0 Å². The second kappa shape index (κ2) is 6.50. The average Bonchev–Trinajstić information content (AvgIpc) is 2.24. The van der Waals surface area contributed by atoms with Crippen molar-refractivity contribution in [2.75, 3.05) is 6.54 Å². The van der Waals surface area contributed by atoms with Crippen LogP contribution in [0.1, 0.15) is 31.9 Å². The molecule has 1 aromatic rings. The fourth-order valence-electron chi connectivity index (χ4n) is 1.48. The minimum atomic E-state index is 0.279. The molecule has 0 aliphatic rings. The van der Waals surface area contributed by atoms with Gasteiger partial charge in [-0.1, -0.05) is 30.7 Å². The van der Waals surface area contributed by atoms with E-state index in [0.29, 0.717) is 0 Å². The van der Waals surface area contributed by atoms with Crippen molar-refractivity contribution in [3.63, 3.8) is 0 Å². The van der Waals surface area contributed by atoms with E-state index in [-0.39, 0.29) is 6.04 Å². The maximum Gasteiger partial charge on any atom is 0.0431 e. The normalized spacial score (nSPS) is 11.7. The Balaban J connectivity index is 2.81. The lowest BCUT2D eigenvalue weighted by atomic mass is 10.0. The van der Waals surface area contributed by atoms with E-state index in [9.17, 15) is 0 Å². The van der Waals surface area contributed by atoms with Gasteiger partial charge in [-0.25, -0.2) is 0 Å². The molecular weight excluding hydrogens is 206 g/mol. The van der Waals surface area contributed by atoms with Gasteiger partial charge in [0.1, 0.15) is 0 Å². The fraction of sp³-hybridized carbons (Fsp3) is 0.385. The quantitative estimate of drug-likeness (QED) is 0.769. The van der Waals surface area contributed by atoms with E-state index in [1.165, 1.54) is 5.56 Å². The second-order valence-electron chi connectivity index (χ2n) is 3.30. The van der Waals surface area contributed by atoms with Crippen LogP contribution in [0.5, 0.6) is 0 Å². The zero-order valence-electron chi connectivity index (χ0n) is 9.18. The van der Waals surface area contributed by atoms with Gasteiger partial charge in [0.15, 0.2) is 0 Å². The summed E-state index contributed by atoms with van der Waals surface area (Å²) in [5.41, 5.74) is 1.20. The van der Waals surface area contributed by atoms with E-state index in [0.717, 1.165) is 18.0 Å². The predicted octanol–water partition coefficient (Wildman–Crippen LogP) is 3.40. The van der Waals surface area contributed by atoms with Gasteiger partial charge in [0.2, 0.25) is 0 Å². The molecule has 0 aromatic heterocycles. The lowest BCUT2D eigenvalue weighted by molar-refractivity contribution is 0.565. The van der Waals surface area contributed by atoms with Gasteiger partial charge >= 0.3 is 0 Å². The molecule has 2 heteroatoms. The molecule has 1 nitrogen and oxygen atoms in total. The van der Waals surface area contributed by atoms with Gasteiger partial charge in [-0.15, -0.1) is 11.8 Å². The highest BCUT2D eigenvalue weighted by Gasteiger charge is 2.08. The van der Waals surface area contributed by atoms with E-state index >= 15 is 0 Å². The first-order chi connectivity index (χ1) is 7.27. The monoisotopic (exact) mass is 221 g/mol. The minimum Gasteiger partial charge on any atom is -0.309 e. The Labute approximate surface area is 96.8 Å². The number of hydrogen-bond acceptors (Lipinski definition) is 1. The largest absolute Gasteiger partial charge is 0.309 e. The lowest BCUT2D eigenvalue weighted by Crippen LogP contribution is -2.20. The Bertz CT molecular complexity index is 362. The van der Waals surface area contributed by atoms with Crippen LogP contribution < -0.4 is 5.32 Å². The topological polar surface area (TPSA) is 12.0 Å². The zero-order valence-corrected chi connectivity index (χ0v) is 9.93. The van der Waals surface area contributed by atoms with Crippen LogP contribution in [0.2, 0.25) is 5.02 Å². The van der Waals surface area contributed by atoms with Crippen molar-refractivity contribution in [3.8, 4) is 11.8 Å². The summed E-state index contributed by atoms with van der Waals surface area (Å²) in [6.07, 6.45) is 0.824. The first-order valence-corrected chi connectivity index (χ1v) is 5.54. The highest BCUT2D eigenvalue weighted by Crippen LogP contribution is 2.19. The van der Waals surface area contributed by atoms with Crippen LogP contribution in [0.15, 0.2) is 24.3 Å². The SMILES string of the molecule is CC#CCC(NCC)c1cccc(Cl)c1. The highest BCUT2D eigenvalue weighted by atomic mass is 35.5. The van der Waals surface area contributed by atoms with Crippen molar-refractivity contribution in [1.82, 2.24) is 5.32 Å². The molecule has 1 unspecified atom stereocenters. The van der Waals surface area contributed by atoms with Crippen molar-refractivity contribution in [3.05, 3.63) is 34.9 Å². The lowest BCUT2D eigenvalue weighted by Gasteiger charge is -2.15. The summed E-state index contributed by atoms with van der Waals surface area (Å²) >= 11 is 5.96. The fourth-order valence-corrected chi connectivity index (χ4v) is 1.68. The number of benzene rings is 1. The third-order valence-electron chi connectivity index (χ3n) is 2.18. The van der Waals surface area contributed by atoms with Gasteiger partial charge in [-0.2, -0.15) is 0 Å². The van der Waals surface area contributed by atoms with E-state index in [1.54, 1.807) is 0 Å². The molecule has 0 amide bonds. The maximum atomic E-state index is 5.96. The van der Waals surface area contributed by atoms with Gasteiger partial charge in [-0.05, 0) is 31.2 Å². The minimum absolute atomic E-state index is 0.279. The summed E-state index contributed by atoms with van der Waals surface area (Å²) in [4.78, 5) is 0. The van der Waals surface area contributed by atoms with Crippen LogP contribution >= 0.6 is 11.6 Å². The summed E-state index contributed by atoms with van der Waals surface area (Å²) in [5, 5.41) is 4.18. The summed E-state index contributed by atoms with van der Waals surface area (Å²) in [6, 6.07) is 8.21. The standard InChI is InChI=1S/C13H16ClN/c1-3-5-9-13(15-4-2)11-7-6-8-12(14)10-11/h6-8,10,13,15H,4,9H2,1-2H3. The number of hydrogen-bond donors (Lipinski definition) is 1. The Hall–Kier alpha value is -0.970. The van der Waals surface area contributed by atoms with Crippen LogP contribution in [0.4, 0.5) is 0 Å². The third kappa shape index (κ3) is 3.95. The molecule has 0 aliphatic carbocycles. The van der Waals surface area contributed by atoms with Crippen molar-refractivity contribution in [2.45, 2.75) is 26.3 Å². The number of halogens is 1. The molecule has 0 saturated carbocycles. The summed E-state index contributed by atoms with van der Waals surface area (Å²) in [5.74, 6) is 6.01. The molecule has 0 aliphatic heterocycles. The molecule has 1 aromatic carbocycles. The molecular formula is C13H16ClN. The molecule has 0 fully saturated rings. The first-order valence-electron chi connectivity index (χ1n) is 5.16. The molecule has 0 saturated heterocycles. The van der Waals surface area contributed by atoms with Crippen LogP contribution in [0.3, 0.4) is 0 Å². The number of nitrogens with one attached hydrogen (secondary N) is 1. The van der Waals surface area contributed by atoms with Crippen LogP contribution in [0, 0.1) is 11.8 Å². The van der Waals surface area contributed by atoms with Gasteiger partial charge < -0.3 is 5.32 Å². The van der Waals surface area contributed by atoms with Gasteiger partial charge in [-0.3, -0.25) is 0 Å². The van der Waals surface area contributed by atoms with Crippen molar-refractivity contribution >= 4 is 11.6 Å². The Morgan fingerprint density at radius 1 is 1.47 bits per heavy atom. The molecule has 0 bridgehead atoms. The second-order valence-corrected chi connectivity index (χ2v) is 3.73. The first kappa shape index (κ1) is 12.1. The highest BCUT2D eigenvalue weighted by molar-refractivity contribution is 6.30. The van der Waals surface area contributed by atoms with Crippen molar-refractivity contribution in [1.29, 1.82) is 0 Å². The van der Waals surface area contributed by atoms with Crippen LogP contribution in [-0.2, 0) is 0 Å². The predicted molar refractivity (Wildman–Crippen MR) is 65.9 cm³/mol. The maximum absolute atomic E-state index is 5.96. The molecule has 1 atom stereocenters. The molecule has 0 radical (unpaired) electrons. The van der Waals surface area contributed by atoms with E-state index in [1.807, 2.05) is 25.1 Å². The Morgan fingerprint density at radius 2 is 2.27 bits per heavy atom. The Morgan fingerprint density at radius 3 is 2.87 bits per heavy atom. The van der Waals surface area contributed by atoms with Crippen molar-refractivity contribution in [2.24, 2.45) is 0 Å². The summed E-state index contributed by atoms with van der Waals surface area (Å²) < 4.78 is 0. The summed E-state index contributed by atoms with van der Waals surface area (Å²) in [7, 11) is 0. The molecule has 0 spiro atoms.